The average Bonchev–Trinajstić information content (AvgIpc) is 2.67. The lowest BCUT2D eigenvalue weighted by Crippen LogP contribution is -2.39. The zero-order valence-corrected chi connectivity index (χ0v) is 15.0. The van der Waals surface area contributed by atoms with Crippen molar-refractivity contribution in [3.63, 3.8) is 0 Å². The Balaban J connectivity index is 2.55. The maximum Gasteiger partial charge on any atom is 0.331 e. The third kappa shape index (κ3) is 10.8. The molecule has 0 aromatic rings. The second-order valence-corrected chi connectivity index (χ2v) is 5.46. The van der Waals surface area contributed by atoms with E-state index >= 15 is 0 Å². The minimum absolute atomic E-state index is 0.235. The summed E-state index contributed by atoms with van der Waals surface area (Å²) in [5, 5.41) is 8.54. The molecule has 1 heterocycles. The first-order chi connectivity index (χ1) is 12.9. The predicted octanol–water partition coefficient (Wildman–Crippen LogP) is -0.466. The van der Waals surface area contributed by atoms with Gasteiger partial charge in [-0.15, -0.1) is 0 Å². The molecule has 150 valence electrons. The van der Waals surface area contributed by atoms with Gasteiger partial charge in [0.1, 0.15) is 12.7 Å². The van der Waals surface area contributed by atoms with Gasteiger partial charge in [-0.3, -0.25) is 4.90 Å². The van der Waals surface area contributed by atoms with Crippen LogP contribution < -0.4 is 0 Å². The highest BCUT2D eigenvalue weighted by molar-refractivity contribution is 5.92. The third-order valence-electron chi connectivity index (χ3n) is 3.48. The second-order valence-electron chi connectivity index (χ2n) is 5.46. The van der Waals surface area contributed by atoms with E-state index in [1.54, 1.807) is 0 Å². The number of carbonyl (C=O) groups excluding carboxylic acids is 3. The normalized spacial score (nSPS) is 16.2. The van der Waals surface area contributed by atoms with Crippen LogP contribution in [-0.2, 0) is 38.1 Å². The van der Waals surface area contributed by atoms with Crippen molar-refractivity contribution in [2.75, 3.05) is 46.6 Å². The molecule has 0 radical (unpaired) electrons. The summed E-state index contributed by atoms with van der Waals surface area (Å²) in [7, 11) is 1.17. The van der Waals surface area contributed by atoms with E-state index in [1.165, 1.54) is 7.11 Å². The van der Waals surface area contributed by atoms with Gasteiger partial charge in [0.2, 0.25) is 0 Å². The molecule has 0 amide bonds. The summed E-state index contributed by atoms with van der Waals surface area (Å²) < 4.78 is 19.7. The minimum atomic E-state index is -1.28. The average molecular weight is 385 g/mol. The highest BCUT2D eigenvalue weighted by Gasteiger charge is 2.18. The zero-order valence-electron chi connectivity index (χ0n) is 15.0. The summed E-state index contributed by atoms with van der Waals surface area (Å²) in [4.78, 5) is 46.8. The number of aliphatic carboxylic acids is 1. The van der Waals surface area contributed by atoms with Crippen LogP contribution in [0.2, 0.25) is 0 Å². The summed E-state index contributed by atoms with van der Waals surface area (Å²) in [5.41, 5.74) is 0. The lowest BCUT2D eigenvalue weighted by atomic mass is 10.2. The van der Waals surface area contributed by atoms with Crippen molar-refractivity contribution in [1.82, 2.24) is 4.90 Å². The van der Waals surface area contributed by atoms with E-state index in [4.69, 9.17) is 19.3 Å². The number of nitrogens with zero attached hydrogens (tertiary/aromatic N) is 1. The number of morpholine rings is 1. The van der Waals surface area contributed by atoms with E-state index in [-0.39, 0.29) is 6.61 Å². The Labute approximate surface area is 156 Å². The van der Waals surface area contributed by atoms with Gasteiger partial charge in [0.05, 0.1) is 20.3 Å². The van der Waals surface area contributed by atoms with Crippen LogP contribution in [0.3, 0.4) is 0 Å². The molecule has 27 heavy (non-hydrogen) atoms. The molecule has 0 bridgehead atoms. The number of rotatable bonds is 10. The van der Waals surface area contributed by atoms with Gasteiger partial charge in [-0.1, -0.05) is 0 Å². The van der Waals surface area contributed by atoms with Crippen LogP contribution in [0.15, 0.2) is 24.3 Å². The Morgan fingerprint density at radius 3 is 2.30 bits per heavy atom. The number of carbonyl (C=O) groups is 4. The van der Waals surface area contributed by atoms with Crippen LogP contribution in [0.5, 0.6) is 0 Å². The summed E-state index contributed by atoms with van der Waals surface area (Å²) in [5.74, 6) is -3.64. The predicted molar refractivity (Wildman–Crippen MR) is 90.6 cm³/mol. The van der Waals surface area contributed by atoms with Gasteiger partial charge in [0, 0.05) is 50.4 Å². The molecule has 0 aromatic carbocycles. The van der Waals surface area contributed by atoms with Crippen molar-refractivity contribution in [1.29, 1.82) is 0 Å². The fourth-order valence-electron chi connectivity index (χ4n) is 2.10. The Bertz CT molecular complexity index is 579. The number of hydrogen-bond acceptors (Lipinski definition) is 9. The number of ether oxygens (including phenoxy) is 4. The van der Waals surface area contributed by atoms with Crippen molar-refractivity contribution in [3.8, 4) is 0 Å². The molecule has 1 aliphatic rings. The first-order valence-corrected chi connectivity index (χ1v) is 8.25. The number of hydrogen-bond donors (Lipinski definition) is 1. The molecular weight excluding hydrogens is 362 g/mol. The molecule has 1 atom stereocenters. The highest BCUT2D eigenvalue weighted by Crippen LogP contribution is 2.06. The number of esters is 3. The zero-order chi connectivity index (χ0) is 20.1. The number of carboxylic acid groups (broad SMARTS) is 1. The molecule has 1 aliphatic heterocycles. The van der Waals surface area contributed by atoms with Gasteiger partial charge in [-0.05, 0) is 0 Å². The Kier molecular flexibility index (Phi) is 10.4. The van der Waals surface area contributed by atoms with E-state index in [2.05, 4.69) is 9.64 Å². The molecule has 10 heteroatoms. The van der Waals surface area contributed by atoms with E-state index in [0.29, 0.717) is 32.3 Å². The minimum Gasteiger partial charge on any atom is -0.478 e. The smallest absolute Gasteiger partial charge is 0.331 e. The monoisotopic (exact) mass is 385 g/mol. The Hall–Kier alpha value is -2.72. The molecule has 1 N–H and O–H groups in total. The molecule has 0 saturated carbocycles. The van der Waals surface area contributed by atoms with Crippen LogP contribution in [0.4, 0.5) is 0 Å². The third-order valence-corrected chi connectivity index (χ3v) is 3.48. The van der Waals surface area contributed by atoms with Crippen molar-refractivity contribution >= 4 is 23.9 Å². The quantitative estimate of drug-likeness (QED) is 0.299. The summed E-state index contributed by atoms with van der Waals surface area (Å²) >= 11 is 0. The summed E-state index contributed by atoms with van der Waals surface area (Å²) in [6.45, 7) is 3.04. The lowest BCUT2D eigenvalue weighted by molar-refractivity contribution is -0.153. The van der Waals surface area contributed by atoms with Gasteiger partial charge >= 0.3 is 23.9 Å². The van der Waals surface area contributed by atoms with Gasteiger partial charge in [0.15, 0.2) is 0 Å². The molecule has 0 spiro atoms. The topological polar surface area (TPSA) is 129 Å². The van der Waals surface area contributed by atoms with E-state index in [9.17, 15) is 19.2 Å². The van der Waals surface area contributed by atoms with Crippen LogP contribution in [0.1, 0.15) is 6.42 Å². The summed E-state index contributed by atoms with van der Waals surface area (Å²) in [6.07, 6.45) is 2.86. The van der Waals surface area contributed by atoms with E-state index in [1.807, 2.05) is 0 Å². The van der Waals surface area contributed by atoms with Gasteiger partial charge < -0.3 is 24.1 Å². The molecule has 10 nitrogen and oxygen atoms in total. The van der Waals surface area contributed by atoms with Crippen molar-refractivity contribution < 1.29 is 43.2 Å². The van der Waals surface area contributed by atoms with Crippen molar-refractivity contribution in [2.45, 2.75) is 12.5 Å². The van der Waals surface area contributed by atoms with E-state index < -0.39 is 30.0 Å². The number of carboxylic acids is 1. The second kappa shape index (κ2) is 12.6. The van der Waals surface area contributed by atoms with Crippen LogP contribution in [0, 0.1) is 0 Å². The van der Waals surface area contributed by atoms with Crippen LogP contribution in [0.25, 0.3) is 0 Å². The standard InChI is InChI=1S/C17H23NO9/c1-24-15(21)4-5-16(22)26-12-13(27-17(23)3-2-14(19)20)6-7-18-8-10-25-11-9-18/h2-5,13H,6-12H2,1H3,(H,19,20). The molecule has 1 unspecified atom stereocenters. The lowest BCUT2D eigenvalue weighted by Gasteiger charge is -2.28. The maximum atomic E-state index is 11.7. The molecule has 0 aliphatic carbocycles. The maximum absolute atomic E-state index is 11.7. The Morgan fingerprint density at radius 1 is 1.04 bits per heavy atom. The largest absolute Gasteiger partial charge is 0.478 e. The van der Waals surface area contributed by atoms with Gasteiger partial charge in [-0.25, -0.2) is 19.2 Å². The van der Waals surface area contributed by atoms with Gasteiger partial charge in [0.25, 0.3) is 0 Å². The molecule has 1 rings (SSSR count). The molecule has 1 fully saturated rings. The summed E-state index contributed by atoms with van der Waals surface area (Å²) in [6, 6.07) is 0. The molecule has 0 aromatic heterocycles. The highest BCUT2D eigenvalue weighted by atomic mass is 16.6. The fourth-order valence-corrected chi connectivity index (χ4v) is 2.10. The molecular formula is C17H23NO9. The van der Waals surface area contributed by atoms with Crippen LogP contribution >= 0.6 is 0 Å². The first kappa shape index (κ1) is 22.3. The first-order valence-electron chi connectivity index (χ1n) is 8.25. The van der Waals surface area contributed by atoms with Gasteiger partial charge in [-0.2, -0.15) is 0 Å². The van der Waals surface area contributed by atoms with Crippen molar-refractivity contribution in [3.05, 3.63) is 24.3 Å². The fraction of sp³-hybridized carbons (Fsp3) is 0.529. The Morgan fingerprint density at radius 2 is 1.67 bits per heavy atom. The SMILES string of the molecule is COC(=O)C=CC(=O)OCC(CCN1CCOCC1)OC(=O)C=CC(=O)O. The molecule has 1 saturated heterocycles. The van der Waals surface area contributed by atoms with Crippen molar-refractivity contribution in [2.24, 2.45) is 0 Å². The van der Waals surface area contributed by atoms with Crippen LogP contribution in [-0.4, -0.2) is 86.6 Å². The number of methoxy groups -OCH3 is 1. The van der Waals surface area contributed by atoms with E-state index in [0.717, 1.165) is 31.3 Å².